The highest BCUT2D eigenvalue weighted by atomic mass is 127. The third-order valence-electron chi connectivity index (χ3n) is 2.20. The molecule has 0 aromatic carbocycles. The Kier molecular flexibility index (Phi) is 6.53. The van der Waals surface area contributed by atoms with Crippen molar-refractivity contribution in [3.8, 4) is 0 Å². The summed E-state index contributed by atoms with van der Waals surface area (Å²) in [5.74, 6) is -0.895. The van der Waals surface area contributed by atoms with Crippen LogP contribution < -0.4 is 0 Å². The summed E-state index contributed by atoms with van der Waals surface area (Å²) in [6, 6.07) is 1.66. The molecule has 96 valence electrons. The molecule has 0 spiro atoms. The maximum atomic E-state index is 10.9. The molecule has 1 aromatic rings. The number of halogens is 1. The number of ether oxygens (including phenoxy) is 2. The summed E-state index contributed by atoms with van der Waals surface area (Å²) in [6.45, 7) is 2.42. The van der Waals surface area contributed by atoms with Gasteiger partial charge in [-0.2, -0.15) is 0 Å². The van der Waals surface area contributed by atoms with E-state index in [-0.39, 0.29) is 0 Å². The molecular weight excluding hydrogens is 337 g/mol. The number of methoxy groups -OCH3 is 1. The van der Waals surface area contributed by atoms with E-state index in [1.54, 1.807) is 17.7 Å². The largest absolute Gasteiger partial charge is 0.477 e. The topological polar surface area (TPSA) is 60.7 Å². The molecule has 0 fully saturated rings. The van der Waals surface area contributed by atoms with Crippen molar-refractivity contribution in [2.45, 2.75) is 13.0 Å². The lowest BCUT2D eigenvalue weighted by Crippen LogP contribution is -2.10. The Morgan fingerprint density at radius 1 is 1.47 bits per heavy atom. The summed E-state index contributed by atoms with van der Waals surface area (Å²) < 4.78 is 12.8. The molecule has 0 radical (unpaired) electrons. The minimum absolute atomic E-state index is 0.325. The predicted octanol–water partition coefficient (Wildman–Crippen LogP) is 1.84. The minimum atomic E-state index is -0.895. The summed E-state index contributed by atoms with van der Waals surface area (Å²) >= 11 is 2.11. The number of carboxylic acid groups (broad SMARTS) is 1. The van der Waals surface area contributed by atoms with Crippen molar-refractivity contribution in [1.82, 2.24) is 4.57 Å². The van der Waals surface area contributed by atoms with E-state index in [1.165, 1.54) is 0 Å². The first-order chi connectivity index (χ1) is 8.15. The van der Waals surface area contributed by atoms with Gasteiger partial charge in [0, 0.05) is 30.0 Å². The zero-order chi connectivity index (χ0) is 12.7. The van der Waals surface area contributed by atoms with Crippen molar-refractivity contribution in [2.75, 3.05) is 26.9 Å². The van der Waals surface area contributed by atoms with Gasteiger partial charge in [-0.15, -0.1) is 0 Å². The number of nitrogens with zero attached hydrogens (tertiary/aromatic N) is 1. The third-order valence-corrected chi connectivity index (χ3v) is 2.79. The van der Waals surface area contributed by atoms with Crippen LogP contribution >= 0.6 is 22.6 Å². The van der Waals surface area contributed by atoms with Gasteiger partial charge >= 0.3 is 5.97 Å². The van der Waals surface area contributed by atoms with Crippen LogP contribution in [-0.2, 0) is 16.0 Å². The van der Waals surface area contributed by atoms with Gasteiger partial charge < -0.3 is 19.1 Å². The lowest BCUT2D eigenvalue weighted by atomic mass is 10.4. The fraction of sp³-hybridized carbons (Fsp3) is 0.545. The van der Waals surface area contributed by atoms with Crippen LogP contribution in [0.3, 0.4) is 0 Å². The molecule has 0 unspecified atom stereocenters. The quantitative estimate of drug-likeness (QED) is 0.572. The highest BCUT2D eigenvalue weighted by Gasteiger charge is 2.10. The van der Waals surface area contributed by atoms with Crippen LogP contribution in [0.2, 0.25) is 0 Å². The first-order valence-electron chi connectivity index (χ1n) is 5.31. The van der Waals surface area contributed by atoms with E-state index in [9.17, 15) is 4.79 Å². The van der Waals surface area contributed by atoms with E-state index in [1.807, 2.05) is 6.20 Å². The molecule has 5 nitrogen and oxygen atoms in total. The first-order valence-corrected chi connectivity index (χ1v) is 6.38. The Balaban J connectivity index is 2.33. The van der Waals surface area contributed by atoms with E-state index >= 15 is 0 Å². The molecule has 0 saturated heterocycles. The van der Waals surface area contributed by atoms with E-state index in [4.69, 9.17) is 14.6 Å². The van der Waals surface area contributed by atoms with Gasteiger partial charge in [0.25, 0.3) is 0 Å². The minimum Gasteiger partial charge on any atom is -0.477 e. The summed E-state index contributed by atoms with van der Waals surface area (Å²) in [7, 11) is 1.63. The van der Waals surface area contributed by atoms with Gasteiger partial charge in [-0.1, -0.05) is 0 Å². The van der Waals surface area contributed by atoms with Crippen LogP contribution in [0.15, 0.2) is 12.3 Å². The van der Waals surface area contributed by atoms with E-state index < -0.39 is 5.97 Å². The summed E-state index contributed by atoms with van der Waals surface area (Å²) in [5, 5.41) is 8.98. The van der Waals surface area contributed by atoms with Crippen molar-refractivity contribution in [3.63, 3.8) is 0 Å². The summed E-state index contributed by atoms with van der Waals surface area (Å²) in [6.07, 6.45) is 2.62. The van der Waals surface area contributed by atoms with Gasteiger partial charge in [0.2, 0.25) is 0 Å². The Labute approximate surface area is 114 Å². The normalized spacial score (nSPS) is 10.7. The van der Waals surface area contributed by atoms with Gasteiger partial charge in [0.15, 0.2) is 0 Å². The molecule has 17 heavy (non-hydrogen) atoms. The van der Waals surface area contributed by atoms with E-state index in [0.29, 0.717) is 32.1 Å². The van der Waals surface area contributed by atoms with E-state index in [0.717, 1.165) is 9.99 Å². The average Bonchev–Trinajstić information content (AvgIpc) is 2.65. The molecule has 1 aromatic heterocycles. The molecule has 0 aliphatic heterocycles. The van der Waals surface area contributed by atoms with Crippen molar-refractivity contribution in [1.29, 1.82) is 0 Å². The van der Waals surface area contributed by atoms with E-state index in [2.05, 4.69) is 22.6 Å². The van der Waals surface area contributed by atoms with Crippen molar-refractivity contribution in [2.24, 2.45) is 0 Å². The lowest BCUT2D eigenvalue weighted by molar-refractivity contribution is 0.0657. The monoisotopic (exact) mass is 353 g/mol. The fourth-order valence-corrected chi connectivity index (χ4v) is 2.05. The highest BCUT2D eigenvalue weighted by molar-refractivity contribution is 14.1. The maximum absolute atomic E-state index is 10.9. The molecule has 0 aliphatic carbocycles. The standard InChI is InChI=1S/C11H16INO4/c1-16-5-6-17-4-2-3-13-8-9(12)7-10(13)11(14)15/h7-8H,2-6H2,1H3,(H,14,15). The number of hydrogen-bond acceptors (Lipinski definition) is 3. The van der Waals surface area contributed by atoms with Gasteiger partial charge in [0.1, 0.15) is 5.69 Å². The Morgan fingerprint density at radius 3 is 2.88 bits per heavy atom. The fourth-order valence-electron chi connectivity index (χ4n) is 1.42. The molecule has 0 saturated carbocycles. The number of aromatic nitrogens is 1. The number of aryl methyl sites for hydroxylation is 1. The van der Waals surface area contributed by atoms with Gasteiger partial charge in [-0.05, 0) is 35.1 Å². The van der Waals surface area contributed by atoms with Crippen molar-refractivity contribution < 1.29 is 19.4 Å². The van der Waals surface area contributed by atoms with Crippen LogP contribution in [0.4, 0.5) is 0 Å². The number of carboxylic acids is 1. The Bertz CT molecular complexity index is 364. The number of rotatable bonds is 8. The van der Waals surface area contributed by atoms with Crippen LogP contribution in [0.1, 0.15) is 16.9 Å². The SMILES string of the molecule is COCCOCCCn1cc(I)cc1C(=O)O. The molecule has 6 heteroatoms. The van der Waals surface area contributed by atoms with Crippen molar-refractivity contribution in [3.05, 3.63) is 21.5 Å². The highest BCUT2D eigenvalue weighted by Crippen LogP contribution is 2.11. The molecule has 1 rings (SSSR count). The lowest BCUT2D eigenvalue weighted by Gasteiger charge is -2.06. The predicted molar refractivity (Wildman–Crippen MR) is 71.4 cm³/mol. The van der Waals surface area contributed by atoms with Gasteiger partial charge in [-0.25, -0.2) is 4.79 Å². The average molecular weight is 353 g/mol. The molecule has 0 aliphatic rings. The summed E-state index contributed by atoms with van der Waals surface area (Å²) in [4.78, 5) is 10.9. The summed E-state index contributed by atoms with van der Waals surface area (Å²) in [5.41, 5.74) is 0.325. The number of aromatic carboxylic acids is 1. The zero-order valence-corrected chi connectivity index (χ0v) is 11.8. The second kappa shape index (κ2) is 7.67. The Morgan fingerprint density at radius 2 is 2.24 bits per heavy atom. The molecule has 1 heterocycles. The molecule has 0 atom stereocenters. The molecule has 0 amide bonds. The first kappa shape index (κ1) is 14.5. The molecule has 0 bridgehead atoms. The number of hydrogen-bond donors (Lipinski definition) is 1. The second-order valence-corrected chi connectivity index (χ2v) is 4.75. The Hall–Kier alpha value is -0.600. The molecule has 1 N–H and O–H groups in total. The van der Waals surface area contributed by atoms with Crippen LogP contribution in [0.5, 0.6) is 0 Å². The van der Waals surface area contributed by atoms with Gasteiger partial charge in [-0.3, -0.25) is 0 Å². The molecular formula is C11H16INO4. The maximum Gasteiger partial charge on any atom is 0.352 e. The van der Waals surface area contributed by atoms with Crippen LogP contribution in [0, 0.1) is 3.57 Å². The van der Waals surface area contributed by atoms with Gasteiger partial charge in [0.05, 0.1) is 13.2 Å². The van der Waals surface area contributed by atoms with Crippen molar-refractivity contribution >= 4 is 28.6 Å². The second-order valence-electron chi connectivity index (χ2n) is 3.50. The number of carbonyl (C=O) groups is 1. The smallest absolute Gasteiger partial charge is 0.352 e. The third kappa shape index (κ3) is 5.05. The van der Waals surface area contributed by atoms with Crippen LogP contribution in [0.25, 0.3) is 0 Å². The zero-order valence-electron chi connectivity index (χ0n) is 9.69. The van der Waals surface area contributed by atoms with Crippen LogP contribution in [-0.4, -0.2) is 42.6 Å².